The Bertz CT molecular complexity index is 1180. The van der Waals surface area contributed by atoms with Crippen LogP contribution in [0.25, 0.3) is 11.3 Å². The standard InChI is InChI=1S/C22H20Br2N4O3S/c1-4-17(29)28-16-9-7-6-8-13(16)18-20(25-22(32-3)27-26-18)31-21(28)14-10-12(23)11-15(24)19(14)30-5-2/h6-11,21H,4-5H2,1-3H3/t21-/m1/s1. The van der Waals surface area contributed by atoms with Gasteiger partial charge in [-0.05, 0) is 47.3 Å². The highest BCUT2D eigenvalue weighted by molar-refractivity contribution is 9.11. The molecule has 2 aromatic carbocycles. The third-order valence-electron chi connectivity index (χ3n) is 4.86. The van der Waals surface area contributed by atoms with Crippen LogP contribution in [0, 0.1) is 0 Å². The van der Waals surface area contributed by atoms with Gasteiger partial charge in [-0.2, -0.15) is 4.98 Å². The lowest BCUT2D eigenvalue weighted by Crippen LogP contribution is -2.37. The molecule has 0 saturated heterocycles. The quantitative estimate of drug-likeness (QED) is 0.342. The minimum absolute atomic E-state index is 0.105. The average Bonchev–Trinajstić information content (AvgIpc) is 2.94. The van der Waals surface area contributed by atoms with E-state index in [1.165, 1.54) is 11.8 Å². The summed E-state index contributed by atoms with van der Waals surface area (Å²) < 4.78 is 14.0. The molecule has 32 heavy (non-hydrogen) atoms. The summed E-state index contributed by atoms with van der Waals surface area (Å²) in [5, 5.41) is 9.06. The van der Waals surface area contributed by atoms with E-state index < -0.39 is 6.23 Å². The summed E-state index contributed by atoms with van der Waals surface area (Å²) in [5.74, 6) is 0.807. The lowest BCUT2D eigenvalue weighted by molar-refractivity contribution is -0.120. The molecule has 4 rings (SSSR count). The molecule has 0 spiro atoms. The van der Waals surface area contributed by atoms with Crippen LogP contribution in [0.3, 0.4) is 0 Å². The molecule has 0 fully saturated rings. The molecule has 7 nitrogen and oxygen atoms in total. The molecule has 1 aliphatic rings. The number of benzene rings is 2. The predicted octanol–water partition coefficient (Wildman–Crippen LogP) is 6.02. The molecule has 166 valence electrons. The number of anilines is 1. The van der Waals surface area contributed by atoms with E-state index in [0.29, 0.717) is 46.8 Å². The molecule has 1 amide bonds. The molecular formula is C22H20Br2N4O3S. The van der Waals surface area contributed by atoms with Crippen molar-refractivity contribution >= 4 is 55.2 Å². The maximum Gasteiger partial charge on any atom is 0.247 e. The number of carbonyl (C=O) groups is 1. The highest BCUT2D eigenvalue weighted by atomic mass is 79.9. The van der Waals surface area contributed by atoms with Gasteiger partial charge in [0.2, 0.25) is 23.2 Å². The van der Waals surface area contributed by atoms with E-state index in [1.807, 2.05) is 56.5 Å². The molecular weight excluding hydrogens is 560 g/mol. The van der Waals surface area contributed by atoms with Crippen molar-refractivity contribution in [2.24, 2.45) is 0 Å². The fraction of sp³-hybridized carbons (Fsp3) is 0.273. The summed E-state index contributed by atoms with van der Waals surface area (Å²) in [6.45, 7) is 4.19. The highest BCUT2D eigenvalue weighted by Gasteiger charge is 2.37. The van der Waals surface area contributed by atoms with Crippen LogP contribution in [0.15, 0.2) is 50.5 Å². The van der Waals surface area contributed by atoms with Gasteiger partial charge in [0, 0.05) is 16.5 Å². The summed E-state index contributed by atoms with van der Waals surface area (Å²) in [5.41, 5.74) is 2.57. The third kappa shape index (κ3) is 4.23. The lowest BCUT2D eigenvalue weighted by Gasteiger charge is -2.32. The Morgan fingerprint density at radius 1 is 1.22 bits per heavy atom. The summed E-state index contributed by atoms with van der Waals surface area (Å²) in [6.07, 6.45) is 1.34. The monoisotopic (exact) mass is 578 g/mol. The summed E-state index contributed by atoms with van der Waals surface area (Å²) >= 11 is 8.52. The Kier molecular flexibility index (Phi) is 7.02. The van der Waals surface area contributed by atoms with Gasteiger partial charge >= 0.3 is 0 Å². The zero-order chi connectivity index (χ0) is 22.8. The minimum Gasteiger partial charge on any atom is -0.492 e. The topological polar surface area (TPSA) is 77.4 Å². The average molecular weight is 580 g/mol. The van der Waals surface area contributed by atoms with E-state index in [1.54, 1.807) is 4.90 Å². The molecule has 1 aliphatic heterocycles. The van der Waals surface area contributed by atoms with E-state index in [4.69, 9.17) is 9.47 Å². The van der Waals surface area contributed by atoms with Gasteiger partial charge < -0.3 is 9.47 Å². The van der Waals surface area contributed by atoms with Crippen molar-refractivity contribution in [3.63, 3.8) is 0 Å². The summed E-state index contributed by atoms with van der Waals surface area (Å²) in [4.78, 5) is 19.5. The number of amides is 1. The number of hydrogen-bond acceptors (Lipinski definition) is 7. The summed E-state index contributed by atoms with van der Waals surface area (Å²) in [6, 6.07) is 11.3. The third-order valence-corrected chi connectivity index (χ3v) is 6.44. The van der Waals surface area contributed by atoms with E-state index in [9.17, 15) is 4.79 Å². The largest absolute Gasteiger partial charge is 0.492 e. The van der Waals surface area contributed by atoms with Gasteiger partial charge in [-0.15, -0.1) is 10.2 Å². The van der Waals surface area contributed by atoms with Crippen molar-refractivity contribution in [3.8, 4) is 22.9 Å². The van der Waals surface area contributed by atoms with Crippen LogP contribution in [0.2, 0.25) is 0 Å². The van der Waals surface area contributed by atoms with Gasteiger partial charge in [-0.1, -0.05) is 52.8 Å². The Morgan fingerprint density at radius 3 is 2.72 bits per heavy atom. The smallest absolute Gasteiger partial charge is 0.247 e. The van der Waals surface area contributed by atoms with Crippen molar-refractivity contribution in [1.29, 1.82) is 0 Å². The number of nitrogens with zero attached hydrogens (tertiary/aromatic N) is 4. The molecule has 2 heterocycles. The zero-order valence-corrected chi connectivity index (χ0v) is 21.6. The second kappa shape index (κ2) is 9.76. The first-order chi connectivity index (χ1) is 15.5. The number of carbonyl (C=O) groups excluding carboxylic acids is 1. The predicted molar refractivity (Wildman–Crippen MR) is 131 cm³/mol. The second-order valence-corrected chi connectivity index (χ2v) is 9.34. The van der Waals surface area contributed by atoms with Gasteiger partial charge in [0.25, 0.3) is 0 Å². The Hall–Kier alpha value is -2.17. The minimum atomic E-state index is -0.827. The number of aromatic nitrogens is 3. The maximum atomic E-state index is 13.3. The number of rotatable bonds is 5. The van der Waals surface area contributed by atoms with Crippen LogP contribution in [-0.2, 0) is 4.79 Å². The molecule has 10 heteroatoms. The van der Waals surface area contributed by atoms with Crippen LogP contribution < -0.4 is 14.4 Å². The first-order valence-electron chi connectivity index (χ1n) is 9.97. The van der Waals surface area contributed by atoms with Gasteiger partial charge in [-0.3, -0.25) is 9.69 Å². The lowest BCUT2D eigenvalue weighted by atomic mass is 10.1. The fourth-order valence-corrected chi connectivity index (χ4v) is 5.17. The fourth-order valence-electron chi connectivity index (χ4n) is 3.50. The number of fused-ring (bicyclic) bond motifs is 3. The molecule has 0 unspecified atom stereocenters. The van der Waals surface area contributed by atoms with Crippen molar-refractivity contribution in [2.75, 3.05) is 17.8 Å². The van der Waals surface area contributed by atoms with Crippen molar-refractivity contribution in [3.05, 3.63) is 50.9 Å². The molecule has 3 aromatic rings. The van der Waals surface area contributed by atoms with E-state index in [0.717, 1.165) is 14.5 Å². The van der Waals surface area contributed by atoms with Crippen molar-refractivity contribution in [1.82, 2.24) is 15.2 Å². The maximum absolute atomic E-state index is 13.3. The zero-order valence-electron chi connectivity index (χ0n) is 17.6. The van der Waals surface area contributed by atoms with Crippen LogP contribution in [0.1, 0.15) is 32.1 Å². The van der Waals surface area contributed by atoms with Gasteiger partial charge in [-0.25, -0.2) is 0 Å². The van der Waals surface area contributed by atoms with Gasteiger partial charge in [0.05, 0.1) is 22.3 Å². The Morgan fingerprint density at radius 2 is 2.00 bits per heavy atom. The van der Waals surface area contributed by atoms with Crippen LogP contribution >= 0.6 is 43.6 Å². The van der Waals surface area contributed by atoms with E-state index in [-0.39, 0.29) is 5.91 Å². The van der Waals surface area contributed by atoms with Crippen molar-refractivity contribution in [2.45, 2.75) is 31.7 Å². The number of thioether (sulfide) groups is 1. The van der Waals surface area contributed by atoms with E-state index >= 15 is 0 Å². The molecule has 1 aromatic heterocycles. The molecule has 0 radical (unpaired) electrons. The molecule has 0 saturated carbocycles. The van der Waals surface area contributed by atoms with Gasteiger partial charge in [0.1, 0.15) is 5.75 Å². The molecule has 0 bridgehead atoms. The SMILES string of the molecule is CCOc1c(Br)cc(Br)cc1[C@H]1Oc2nc(SC)nnc2-c2ccccc2N1C(=O)CC. The van der Waals surface area contributed by atoms with Crippen LogP contribution in [0.5, 0.6) is 11.6 Å². The number of hydrogen-bond donors (Lipinski definition) is 0. The molecule has 0 aliphatic carbocycles. The number of ether oxygens (including phenoxy) is 2. The molecule has 1 atom stereocenters. The Balaban J connectivity index is 2.02. The van der Waals surface area contributed by atoms with Gasteiger partial charge in [0.15, 0.2) is 5.69 Å². The number of halogens is 2. The normalized spacial score (nSPS) is 14.8. The van der Waals surface area contributed by atoms with Crippen LogP contribution in [0.4, 0.5) is 5.69 Å². The molecule has 0 N–H and O–H groups in total. The van der Waals surface area contributed by atoms with Crippen molar-refractivity contribution < 1.29 is 14.3 Å². The van der Waals surface area contributed by atoms with E-state index in [2.05, 4.69) is 47.0 Å². The van der Waals surface area contributed by atoms with Crippen LogP contribution in [-0.4, -0.2) is 34.0 Å². The Labute approximate surface area is 207 Å². The number of para-hydroxylation sites is 1. The highest BCUT2D eigenvalue weighted by Crippen LogP contribution is 2.47. The first-order valence-corrected chi connectivity index (χ1v) is 12.8. The first kappa shape index (κ1) is 23.0. The summed E-state index contributed by atoms with van der Waals surface area (Å²) in [7, 11) is 0. The second-order valence-electron chi connectivity index (χ2n) is 6.80.